The fraction of sp³-hybridized carbons (Fsp3) is 0.765. The number of rotatable bonds is 8. The second-order valence-electron chi connectivity index (χ2n) is 7.30. The van der Waals surface area contributed by atoms with Gasteiger partial charge in [-0.25, -0.2) is 4.79 Å². The van der Waals surface area contributed by atoms with E-state index in [0.717, 1.165) is 30.8 Å². The van der Waals surface area contributed by atoms with E-state index in [4.69, 9.17) is 5.11 Å². The summed E-state index contributed by atoms with van der Waals surface area (Å²) in [4.78, 5) is 26.3. The second-order valence-corrected chi connectivity index (χ2v) is 8.64. The van der Waals surface area contributed by atoms with Crippen molar-refractivity contribution in [3.05, 3.63) is 10.6 Å². The van der Waals surface area contributed by atoms with Gasteiger partial charge >= 0.3 is 5.97 Å². The van der Waals surface area contributed by atoms with E-state index in [0.29, 0.717) is 6.04 Å². The number of carbonyl (C=O) groups is 2. The van der Waals surface area contributed by atoms with Crippen LogP contribution in [0.1, 0.15) is 26.7 Å². The van der Waals surface area contributed by atoms with Gasteiger partial charge in [-0.2, -0.15) is 0 Å². The van der Waals surface area contributed by atoms with Crippen LogP contribution >= 0.6 is 24.2 Å². The number of carboxylic acids is 1. The average Bonchev–Trinajstić information content (AvgIpc) is 3.10. The Balaban J connectivity index is 0.00000261. The Morgan fingerprint density at radius 2 is 2.19 bits per heavy atom. The lowest BCUT2D eigenvalue weighted by Gasteiger charge is -2.46. The molecule has 5 N–H and O–H groups in total. The number of aliphatic hydroxyl groups excluding tert-OH is 2. The maximum atomic E-state index is 12.3. The Labute approximate surface area is 169 Å². The molecule has 1 amide bonds. The Morgan fingerprint density at radius 3 is 2.78 bits per heavy atom. The number of amides is 1. The molecule has 2 fully saturated rings. The summed E-state index contributed by atoms with van der Waals surface area (Å²) in [7, 11) is 0. The van der Waals surface area contributed by atoms with E-state index >= 15 is 0 Å². The summed E-state index contributed by atoms with van der Waals surface area (Å²) in [6, 6.07) is 0.0797. The molecule has 27 heavy (non-hydrogen) atoms. The monoisotopic (exact) mass is 421 g/mol. The summed E-state index contributed by atoms with van der Waals surface area (Å²) < 4.78 is 0. The van der Waals surface area contributed by atoms with Crippen LogP contribution in [0.3, 0.4) is 0 Å². The molecule has 10 heteroatoms. The Morgan fingerprint density at radius 1 is 1.48 bits per heavy atom. The number of halogens is 1. The molecule has 154 valence electrons. The number of thioether (sulfide) groups is 1. The van der Waals surface area contributed by atoms with Gasteiger partial charge in [-0.3, -0.25) is 10.1 Å². The molecule has 0 aromatic heterocycles. The van der Waals surface area contributed by atoms with Crippen LogP contribution in [0.2, 0.25) is 0 Å². The molecule has 0 aromatic carbocycles. The quantitative estimate of drug-likeness (QED) is 0.210. The van der Waals surface area contributed by atoms with Crippen LogP contribution in [0.5, 0.6) is 0 Å². The number of aliphatic carboxylic acids is 1. The smallest absolute Gasteiger partial charge is 0.353 e. The number of fused-ring (bicyclic) bond motifs is 1. The normalized spacial score (nSPS) is 33.6. The molecule has 0 radical (unpaired) electrons. The molecule has 0 spiro atoms. The van der Waals surface area contributed by atoms with Crippen LogP contribution in [0.15, 0.2) is 10.6 Å². The summed E-state index contributed by atoms with van der Waals surface area (Å²) in [5, 5.41) is 34.9. The lowest BCUT2D eigenvalue weighted by Crippen LogP contribution is -2.63. The number of nitrogens with zero attached hydrogens (tertiary/aromatic N) is 1. The van der Waals surface area contributed by atoms with Gasteiger partial charge in [-0.15, -0.1) is 24.2 Å². The standard InChI is InChI=1S/C17H27N3O5S.ClH/c1-8-13-12(9(2)22)16(23)20(13)14(17(24)25)15(8)26-11-5-10(19-6-11)3-4-18-7-21;/h8-13,18-19,21-22H,3-7H2,1-2H3,(H,24,25);1H/t8-,9+,10-,11-,12+,13+;/m0./s1. The highest BCUT2D eigenvalue weighted by Gasteiger charge is 2.60. The minimum Gasteiger partial charge on any atom is -0.477 e. The molecule has 3 aliphatic rings. The molecule has 8 nitrogen and oxygen atoms in total. The van der Waals surface area contributed by atoms with Crippen molar-refractivity contribution in [2.24, 2.45) is 11.8 Å². The van der Waals surface area contributed by atoms with Crippen LogP contribution in [0.4, 0.5) is 0 Å². The van der Waals surface area contributed by atoms with Crippen LogP contribution in [0, 0.1) is 11.8 Å². The van der Waals surface area contributed by atoms with Gasteiger partial charge in [0.2, 0.25) is 5.91 Å². The van der Waals surface area contributed by atoms with E-state index in [-0.39, 0.29) is 48.0 Å². The van der Waals surface area contributed by atoms with Gasteiger partial charge < -0.3 is 25.5 Å². The Bertz CT molecular complexity index is 617. The molecule has 0 aromatic rings. The zero-order chi connectivity index (χ0) is 19.0. The predicted molar refractivity (Wildman–Crippen MR) is 104 cm³/mol. The lowest BCUT2D eigenvalue weighted by atomic mass is 9.79. The molecule has 6 atom stereocenters. The van der Waals surface area contributed by atoms with Crippen molar-refractivity contribution in [3.63, 3.8) is 0 Å². The van der Waals surface area contributed by atoms with Crippen molar-refractivity contribution in [1.29, 1.82) is 0 Å². The third-order valence-corrected chi connectivity index (χ3v) is 7.08. The van der Waals surface area contributed by atoms with E-state index in [1.54, 1.807) is 18.7 Å². The second kappa shape index (κ2) is 9.11. The molecular weight excluding hydrogens is 394 g/mol. The summed E-state index contributed by atoms with van der Waals surface area (Å²) in [5.41, 5.74) is 0.0970. The third kappa shape index (κ3) is 4.13. The highest BCUT2D eigenvalue weighted by Crippen LogP contribution is 2.51. The molecule has 3 rings (SSSR count). The van der Waals surface area contributed by atoms with Gasteiger partial charge in [0.25, 0.3) is 0 Å². The minimum absolute atomic E-state index is 0. The fourth-order valence-electron chi connectivity index (χ4n) is 4.31. The zero-order valence-corrected chi connectivity index (χ0v) is 17.1. The first-order valence-electron chi connectivity index (χ1n) is 9.07. The fourth-order valence-corrected chi connectivity index (χ4v) is 5.82. The zero-order valence-electron chi connectivity index (χ0n) is 15.4. The molecule has 0 unspecified atom stereocenters. The van der Waals surface area contributed by atoms with Crippen molar-refractivity contribution in [1.82, 2.24) is 15.5 Å². The molecular formula is C17H28ClN3O5S. The van der Waals surface area contributed by atoms with Crippen molar-refractivity contribution in [2.75, 3.05) is 19.8 Å². The van der Waals surface area contributed by atoms with Crippen molar-refractivity contribution >= 4 is 36.0 Å². The summed E-state index contributed by atoms with van der Waals surface area (Å²) in [5.74, 6) is -1.97. The Hall–Kier alpha value is -0.840. The number of nitrogens with one attached hydrogen (secondary N) is 2. The first-order chi connectivity index (χ1) is 12.4. The van der Waals surface area contributed by atoms with Gasteiger partial charge in [-0.05, 0) is 26.3 Å². The van der Waals surface area contributed by atoms with Crippen molar-refractivity contribution in [3.8, 4) is 0 Å². The summed E-state index contributed by atoms with van der Waals surface area (Å²) >= 11 is 1.56. The largest absolute Gasteiger partial charge is 0.477 e. The number of hydrogen-bond donors (Lipinski definition) is 5. The first-order valence-corrected chi connectivity index (χ1v) is 9.95. The maximum Gasteiger partial charge on any atom is 0.353 e. The van der Waals surface area contributed by atoms with Gasteiger partial charge in [0, 0.05) is 28.7 Å². The highest BCUT2D eigenvalue weighted by atomic mass is 35.5. The molecule has 2 saturated heterocycles. The number of hydrogen-bond acceptors (Lipinski definition) is 7. The number of carbonyl (C=O) groups excluding carboxylic acids is 1. The number of aliphatic hydroxyl groups is 2. The van der Waals surface area contributed by atoms with Crippen molar-refractivity contribution < 1.29 is 24.9 Å². The van der Waals surface area contributed by atoms with Gasteiger partial charge in [-0.1, -0.05) is 6.92 Å². The molecule has 0 aliphatic carbocycles. The maximum absolute atomic E-state index is 12.3. The summed E-state index contributed by atoms with van der Waals surface area (Å²) in [6.07, 6.45) is 1.04. The van der Waals surface area contributed by atoms with Crippen LogP contribution in [-0.2, 0) is 9.59 Å². The van der Waals surface area contributed by atoms with Crippen molar-refractivity contribution in [2.45, 2.75) is 50.1 Å². The van der Waals surface area contributed by atoms with E-state index in [2.05, 4.69) is 10.6 Å². The van der Waals surface area contributed by atoms with Crippen LogP contribution in [-0.4, -0.2) is 75.4 Å². The van der Waals surface area contributed by atoms with E-state index in [1.165, 1.54) is 4.90 Å². The third-order valence-electron chi connectivity index (χ3n) is 5.57. The predicted octanol–water partition coefficient (Wildman–Crippen LogP) is -0.0449. The Kier molecular flexibility index (Phi) is 7.57. The van der Waals surface area contributed by atoms with Gasteiger partial charge in [0.1, 0.15) is 5.70 Å². The number of carboxylic acid groups (broad SMARTS) is 1. The molecule has 3 heterocycles. The van der Waals surface area contributed by atoms with Crippen LogP contribution < -0.4 is 10.6 Å². The first kappa shape index (κ1) is 22.4. The highest BCUT2D eigenvalue weighted by molar-refractivity contribution is 8.03. The number of β-lactam (4-membered cyclic amide) rings is 1. The lowest BCUT2D eigenvalue weighted by molar-refractivity contribution is -0.163. The topological polar surface area (TPSA) is 122 Å². The van der Waals surface area contributed by atoms with Gasteiger partial charge in [0.15, 0.2) is 0 Å². The SMILES string of the molecule is C[C@@H]1C(S[C@@H]2CN[C@@H](CCNCO)C2)=C(C(=O)O)N2C(=O)[C@H]([C@@H](C)O)[C@@H]12.Cl. The van der Waals surface area contributed by atoms with Gasteiger partial charge in [0.05, 0.1) is 24.8 Å². The minimum atomic E-state index is -1.08. The molecule has 0 saturated carbocycles. The summed E-state index contributed by atoms with van der Waals surface area (Å²) in [6.45, 7) is 5.02. The van der Waals surface area contributed by atoms with E-state index < -0.39 is 18.0 Å². The van der Waals surface area contributed by atoms with Crippen LogP contribution in [0.25, 0.3) is 0 Å². The molecule has 3 aliphatic heterocycles. The molecule has 0 bridgehead atoms. The van der Waals surface area contributed by atoms with E-state index in [1.807, 2.05) is 6.92 Å². The average molecular weight is 422 g/mol. The van der Waals surface area contributed by atoms with E-state index in [9.17, 15) is 19.8 Å².